The molecular formula is C19H27N7. The van der Waals surface area contributed by atoms with E-state index in [2.05, 4.69) is 36.7 Å². The average molecular weight is 353 g/mol. The summed E-state index contributed by atoms with van der Waals surface area (Å²) in [4.78, 5) is 22.4. The Hall–Kier alpha value is -2.28. The van der Waals surface area contributed by atoms with E-state index in [1.807, 2.05) is 18.5 Å². The second kappa shape index (κ2) is 7.53. The summed E-state index contributed by atoms with van der Waals surface area (Å²) >= 11 is 0. The van der Waals surface area contributed by atoms with Crippen LogP contribution in [-0.2, 0) is 6.54 Å². The molecule has 0 spiro atoms. The number of hydrogen-bond donors (Lipinski definition) is 1. The van der Waals surface area contributed by atoms with Crippen molar-refractivity contribution in [3.05, 3.63) is 35.9 Å². The SMILES string of the molecule is CC1CCN(c2ncc(CN3CCCC3c3ccnc(N)n3)cn2)CC1. The third kappa shape index (κ3) is 3.77. The van der Waals surface area contributed by atoms with Crippen LogP contribution in [0.25, 0.3) is 0 Å². The number of likely N-dealkylation sites (tertiary alicyclic amines) is 1. The van der Waals surface area contributed by atoms with E-state index < -0.39 is 0 Å². The molecule has 7 heteroatoms. The molecule has 7 nitrogen and oxygen atoms in total. The molecule has 0 aromatic carbocycles. The normalized spacial score (nSPS) is 22.0. The molecule has 138 valence electrons. The molecule has 1 unspecified atom stereocenters. The summed E-state index contributed by atoms with van der Waals surface area (Å²) in [6, 6.07) is 2.26. The van der Waals surface area contributed by atoms with Gasteiger partial charge in [-0.25, -0.2) is 19.9 Å². The van der Waals surface area contributed by atoms with Crippen LogP contribution in [0, 0.1) is 5.92 Å². The van der Waals surface area contributed by atoms with Gasteiger partial charge in [0.25, 0.3) is 0 Å². The van der Waals surface area contributed by atoms with Crippen molar-refractivity contribution in [1.29, 1.82) is 0 Å². The number of nitrogen functional groups attached to an aromatic ring is 1. The Morgan fingerprint density at radius 3 is 2.58 bits per heavy atom. The van der Waals surface area contributed by atoms with Crippen molar-refractivity contribution in [2.75, 3.05) is 30.3 Å². The summed E-state index contributed by atoms with van der Waals surface area (Å²) in [7, 11) is 0. The first kappa shape index (κ1) is 17.1. The van der Waals surface area contributed by atoms with E-state index in [1.54, 1.807) is 6.20 Å². The molecule has 2 aliphatic heterocycles. The lowest BCUT2D eigenvalue weighted by atomic mass is 10.00. The Bertz CT molecular complexity index is 725. The smallest absolute Gasteiger partial charge is 0.225 e. The van der Waals surface area contributed by atoms with Gasteiger partial charge in [0.05, 0.1) is 11.7 Å². The lowest BCUT2D eigenvalue weighted by Gasteiger charge is -2.30. The van der Waals surface area contributed by atoms with E-state index in [9.17, 15) is 0 Å². The van der Waals surface area contributed by atoms with Crippen LogP contribution in [0.15, 0.2) is 24.7 Å². The van der Waals surface area contributed by atoms with Gasteiger partial charge in [-0.1, -0.05) is 6.92 Å². The Balaban J connectivity index is 1.42. The molecule has 0 amide bonds. The number of piperidine rings is 1. The Labute approximate surface area is 154 Å². The Kier molecular flexibility index (Phi) is 4.97. The zero-order valence-corrected chi connectivity index (χ0v) is 15.4. The van der Waals surface area contributed by atoms with Crippen molar-refractivity contribution < 1.29 is 0 Å². The fourth-order valence-electron chi connectivity index (χ4n) is 3.96. The molecule has 26 heavy (non-hydrogen) atoms. The van der Waals surface area contributed by atoms with Gasteiger partial charge in [-0.3, -0.25) is 4.90 Å². The first-order valence-corrected chi connectivity index (χ1v) is 9.57. The number of rotatable bonds is 4. The molecule has 2 aliphatic rings. The maximum absolute atomic E-state index is 5.75. The van der Waals surface area contributed by atoms with E-state index in [0.717, 1.165) is 55.7 Å². The predicted molar refractivity (Wildman–Crippen MR) is 101 cm³/mol. The monoisotopic (exact) mass is 353 g/mol. The Morgan fingerprint density at radius 2 is 1.85 bits per heavy atom. The molecule has 4 rings (SSSR count). The summed E-state index contributed by atoms with van der Waals surface area (Å²) in [6.07, 6.45) is 10.4. The van der Waals surface area contributed by atoms with Gasteiger partial charge in [0.15, 0.2) is 0 Å². The Morgan fingerprint density at radius 1 is 1.08 bits per heavy atom. The molecule has 2 aromatic heterocycles. The van der Waals surface area contributed by atoms with Gasteiger partial charge >= 0.3 is 0 Å². The quantitative estimate of drug-likeness (QED) is 0.903. The largest absolute Gasteiger partial charge is 0.368 e. The van der Waals surface area contributed by atoms with Gasteiger partial charge in [-0.15, -0.1) is 0 Å². The molecule has 4 heterocycles. The molecule has 2 fully saturated rings. The lowest BCUT2D eigenvalue weighted by molar-refractivity contribution is 0.244. The fourth-order valence-corrected chi connectivity index (χ4v) is 3.96. The number of nitrogens with zero attached hydrogens (tertiary/aromatic N) is 6. The molecule has 0 bridgehead atoms. The van der Waals surface area contributed by atoms with E-state index in [-0.39, 0.29) is 0 Å². The number of hydrogen-bond acceptors (Lipinski definition) is 7. The summed E-state index contributed by atoms with van der Waals surface area (Å²) in [5.41, 5.74) is 7.91. The van der Waals surface area contributed by atoms with Crippen LogP contribution in [0.2, 0.25) is 0 Å². The number of aromatic nitrogens is 4. The van der Waals surface area contributed by atoms with Crippen molar-refractivity contribution >= 4 is 11.9 Å². The minimum Gasteiger partial charge on any atom is -0.368 e. The van der Waals surface area contributed by atoms with Crippen molar-refractivity contribution in [1.82, 2.24) is 24.8 Å². The van der Waals surface area contributed by atoms with Crippen LogP contribution >= 0.6 is 0 Å². The summed E-state index contributed by atoms with van der Waals surface area (Å²) in [6.45, 7) is 6.33. The van der Waals surface area contributed by atoms with Crippen LogP contribution < -0.4 is 10.6 Å². The van der Waals surface area contributed by atoms with Gasteiger partial charge < -0.3 is 10.6 Å². The highest BCUT2D eigenvalue weighted by Gasteiger charge is 2.27. The second-order valence-corrected chi connectivity index (χ2v) is 7.53. The standard InChI is InChI=1S/C19H27N7/c1-14-5-9-25(10-6-14)19-22-11-15(12-23-19)13-26-8-2-3-17(26)16-4-7-21-18(20)24-16/h4,7,11-12,14,17H,2-3,5-6,8-10,13H2,1H3,(H2,20,21,24). The van der Waals surface area contributed by atoms with Crippen LogP contribution in [0.4, 0.5) is 11.9 Å². The highest BCUT2D eigenvalue weighted by Crippen LogP contribution is 2.32. The van der Waals surface area contributed by atoms with Crippen molar-refractivity contribution in [3.8, 4) is 0 Å². The van der Waals surface area contributed by atoms with E-state index in [0.29, 0.717) is 12.0 Å². The third-order valence-electron chi connectivity index (χ3n) is 5.54. The van der Waals surface area contributed by atoms with E-state index in [1.165, 1.54) is 19.3 Å². The second-order valence-electron chi connectivity index (χ2n) is 7.53. The van der Waals surface area contributed by atoms with E-state index >= 15 is 0 Å². The van der Waals surface area contributed by atoms with Gasteiger partial charge in [0, 0.05) is 43.8 Å². The van der Waals surface area contributed by atoms with Crippen LogP contribution in [-0.4, -0.2) is 44.5 Å². The molecule has 2 saturated heterocycles. The lowest BCUT2D eigenvalue weighted by Crippen LogP contribution is -2.34. The van der Waals surface area contributed by atoms with Crippen LogP contribution in [0.5, 0.6) is 0 Å². The first-order chi connectivity index (χ1) is 12.7. The number of anilines is 2. The van der Waals surface area contributed by atoms with Crippen molar-refractivity contribution in [2.24, 2.45) is 5.92 Å². The van der Waals surface area contributed by atoms with E-state index in [4.69, 9.17) is 5.73 Å². The zero-order valence-electron chi connectivity index (χ0n) is 15.4. The van der Waals surface area contributed by atoms with Gasteiger partial charge in [-0.2, -0.15) is 0 Å². The van der Waals surface area contributed by atoms with Crippen molar-refractivity contribution in [2.45, 2.75) is 45.2 Å². The molecule has 0 radical (unpaired) electrons. The molecule has 1 atom stereocenters. The molecule has 0 aliphatic carbocycles. The maximum Gasteiger partial charge on any atom is 0.225 e. The van der Waals surface area contributed by atoms with Gasteiger partial charge in [0.2, 0.25) is 11.9 Å². The molecular weight excluding hydrogens is 326 g/mol. The highest BCUT2D eigenvalue weighted by molar-refractivity contribution is 5.30. The molecule has 0 saturated carbocycles. The molecule has 2 aromatic rings. The minimum atomic E-state index is 0.295. The summed E-state index contributed by atoms with van der Waals surface area (Å²) in [5.74, 6) is 2.02. The maximum atomic E-state index is 5.75. The highest BCUT2D eigenvalue weighted by atomic mass is 15.3. The van der Waals surface area contributed by atoms with Crippen molar-refractivity contribution in [3.63, 3.8) is 0 Å². The third-order valence-corrected chi connectivity index (χ3v) is 5.54. The van der Waals surface area contributed by atoms with Gasteiger partial charge in [-0.05, 0) is 44.2 Å². The van der Waals surface area contributed by atoms with Gasteiger partial charge in [0.1, 0.15) is 0 Å². The molecule has 2 N–H and O–H groups in total. The number of nitrogens with two attached hydrogens (primary N) is 1. The summed E-state index contributed by atoms with van der Waals surface area (Å²) in [5, 5.41) is 0. The minimum absolute atomic E-state index is 0.295. The first-order valence-electron chi connectivity index (χ1n) is 9.57. The fraction of sp³-hybridized carbons (Fsp3) is 0.579. The summed E-state index contributed by atoms with van der Waals surface area (Å²) < 4.78 is 0. The topological polar surface area (TPSA) is 84.1 Å². The zero-order chi connectivity index (χ0) is 17.9. The predicted octanol–water partition coefficient (Wildman–Crippen LogP) is 2.42. The average Bonchev–Trinajstić information content (AvgIpc) is 3.11. The van der Waals surface area contributed by atoms with Crippen LogP contribution in [0.3, 0.4) is 0 Å². The van der Waals surface area contributed by atoms with Crippen LogP contribution in [0.1, 0.15) is 49.9 Å².